The summed E-state index contributed by atoms with van der Waals surface area (Å²) in [6, 6.07) is 17.5. The van der Waals surface area contributed by atoms with Crippen LogP contribution in [0.15, 0.2) is 60.7 Å². The average molecular weight is 364 g/mol. The van der Waals surface area contributed by atoms with Gasteiger partial charge >= 0.3 is 5.97 Å². The Morgan fingerprint density at radius 1 is 1.04 bits per heavy atom. The summed E-state index contributed by atoms with van der Waals surface area (Å²) in [7, 11) is 2.87. The number of aromatic nitrogens is 1. The Morgan fingerprint density at radius 3 is 2.63 bits per heavy atom. The lowest BCUT2D eigenvalue weighted by atomic mass is 10.1. The molecule has 27 heavy (non-hydrogen) atoms. The lowest BCUT2D eigenvalue weighted by Gasteiger charge is -2.17. The van der Waals surface area contributed by atoms with Crippen LogP contribution >= 0.6 is 0 Å². The van der Waals surface area contributed by atoms with Crippen LogP contribution in [-0.4, -0.2) is 37.1 Å². The Kier molecular flexibility index (Phi) is 5.66. The van der Waals surface area contributed by atoms with E-state index in [4.69, 9.17) is 9.47 Å². The van der Waals surface area contributed by atoms with E-state index in [1.807, 2.05) is 54.6 Å². The van der Waals surface area contributed by atoms with E-state index in [0.29, 0.717) is 11.3 Å². The molecule has 0 fully saturated rings. The van der Waals surface area contributed by atoms with Crippen molar-refractivity contribution in [2.45, 2.75) is 12.5 Å². The molecule has 1 amide bonds. The average Bonchev–Trinajstić information content (AvgIpc) is 2.72. The van der Waals surface area contributed by atoms with Crippen LogP contribution in [0.3, 0.4) is 0 Å². The third kappa shape index (κ3) is 4.41. The van der Waals surface area contributed by atoms with Crippen LogP contribution in [0.1, 0.15) is 16.1 Å². The van der Waals surface area contributed by atoms with Gasteiger partial charge in [0.1, 0.15) is 17.5 Å². The van der Waals surface area contributed by atoms with E-state index in [1.165, 1.54) is 7.11 Å². The first-order valence-corrected chi connectivity index (χ1v) is 8.48. The maximum atomic E-state index is 12.6. The van der Waals surface area contributed by atoms with Crippen LogP contribution in [0.4, 0.5) is 0 Å². The first-order chi connectivity index (χ1) is 13.1. The molecule has 1 aromatic heterocycles. The highest BCUT2D eigenvalue weighted by Gasteiger charge is 2.23. The summed E-state index contributed by atoms with van der Waals surface area (Å²) >= 11 is 0. The normalized spacial score (nSPS) is 11.6. The second-order valence-electron chi connectivity index (χ2n) is 5.99. The Hall–Kier alpha value is -3.41. The molecule has 3 rings (SSSR count). The largest absolute Gasteiger partial charge is 0.497 e. The number of carbonyl (C=O) groups excluding carboxylic acids is 2. The predicted molar refractivity (Wildman–Crippen MR) is 102 cm³/mol. The standard InChI is InChI=1S/C21H20N2O4/c1-26-16-8-5-6-14(12-16)13-19(21(25)27-2)23-20(24)18-11-10-15-7-3-4-9-17(15)22-18/h3-12,19H,13H2,1-2H3,(H,23,24)/t19-/m0/s1. The molecular formula is C21H20N2O4. The summed E-state index contributed by atoms with van der Waals surface area (Å²) in [4.78, 5) is 29.2. The topological polar surface area (TPSA) is 77.5 Å². The Bertz CT molecular complexity index is 971. The maximum Gasteiger partial charge on any atom is 0.328 e. The number of hydrogen-bond donors (Lipinski definition) is 1. The lowest BCUT2D eigenvalue weighted by Crippen LogP contribution is -2.43. The molecule has 0 saturated carbocycles. The lowest BCUT2D eigenvalue weighted by molar-refractivity contribution is -0.142. The van der Waals surface area contributed by atoms with Gasteiger partial charge in [0.15, 0.2) is 0 Å². The predicted octanol–water partition coefficient (Wildman–Crippen LogP) is 2.76. The summed E-state index contributed by atoms with van der Waals surface area (Å²) in [6.07, 6.45) is 0.281. The minimum Gasteiger partial charge on any atom is -0.497 e. The van der Waals surface area contributed by atoms with E-state index in [1.54, 1.807) is 13.2 Å². The van der Waals surface area contributed by atoms with Crippen molar-refractivity contribution < 1.29 is 19.1 Å². The van der Waals surface area contributed by atoms with Crippen molar-refractivity contribution in [1.29, 1.82) is 0 Å². The minimum absolute atomic E-state index is 0.244. The van der Waals surface area contributed by atoms with Gasteiger partial charge < -0.3 is 14.8 Å². The molecule has 0 aliphatic rings. The van der Waals surface area contributed by atoms with Crippen LogP contribution in [0, 0.1) is 0 Å². The molecule has 1 N–H and O–H groups in total. The first kappa shape index (κ1) is 18.4. The fourth-order valence-electron chi connectivity index (χ4n) is 2.80. The number of hydrogen-bond acceptors (Lipinski definition) is 5. The highest BCUT2D eigenvalue weighted by molar-refractivity contribution is 5.97. The van der Waals surface area contributed by atoms with Crippen molar-refractivity contribution in [3.05, 3.63) is 71.9 Å². The van der Waals surface area contributed by atoms with Crippen LogP contribution in [0.2, 0.25) is 0 Å². The zero-order valence-corrected chi connectivity index (χ0v) is 15.1. The van der Waals surface area contributed by atoms with Crippen LogP contribution in [0.25, 0.3) is 10.9 Å². The molecule has 2 aromatic carbocycles. The highest BCUT2D eigenvalue weighted by Crippen LogP contribution is 2.15. The fourth-order valence-corrected chi connectivity index (χ4v) is 2.80. The second-order valence-corrected chi connectivity index (χ2v) is 5.99. The molecule has 0 radical (unpaired) electrons. The maximum absolute atomic E-state index is 12.6. The fraction of sp³-hybridized carbons (Fsp3) is 0.190. The molecule has 0 aliphatic heterocycles. The molecule has 0 aliphatic carbocycles. The number of ether oxygens (including phenoxy) is 2. The van der Waals surface area contributed by atoms with Crippen molar-refractivity contribution in [3.63, 3.8) is 0 Å². The molecule has 0 spiro atoms. The number of esters is 1. The van der Waals surface area contributed by atoms with Crippen molar-refractivity contribution >= 4 is 22.8 Å². The van der Waals surface area contributed by atoms with Gasteiger partial charge in [-0.1, -0.05) is 36.4 Å². The summed E-state index contributed by atoms with van der Waals surface area (Å²) in [5, 5.41) is 3.66. The molecule has 0 saturated heterocycles. The van der Waals surface area contributed by atoms with Crippen molar-refractivity contribution in [2.75, 3.05) is 14.2 Å². The monoisotopic (exact) mass is 364 g/mol. The van der Waals surface area contributed by atoms with Gasteiger partial charge in [-0.3, -0.25) is 4.79 Å². The third-order valence-corrected chi connectivity index (χ3v) is 4.20. The molecule has 3 aromatic rings. The van der Waals surface area contributed by atoms with E-state index in [2.05, 4.69) is 10.3 Å². The molecule has 1 atom stereocenters. The summed E-state index contributed by atoms with van der Waals surface area (Å²) in [5.41, 5.74) is 1.80. The zero-order chi connectivity index (χ0) is 19.2. The Balaban J connectivity index is 1.80. The van der Waals surface area contributed by atoms with Gasteiger partial charge in [-0.2, -0.15) is 0 Å². The number of para-hydroxylation sites is 1. The van der Waals surface area contributed by atoms with Gasteiger partial charge in [-0.25, -0.2) is 9.78 Å². The number of methoxy groups -OCH3 is 2. The number of carbonyl (C=O) groups is 2. The number of pyridine rings is 1. The van der Waals surface area contributed by atoms with Gasteiger partial charge in [0.25, 0.3) is 5.91 Å². The van der Waals surface area contributed by atoms with Gasteiger partial charge in [-0.05, 0) is 29.8 Å². The molecule has 6 heteroatoms. The van der Waals surface area contributed by atoms with Crippen molar-refractivity contribution in [1.82, 2.24) is 10.3 Å². The van der Waals surface area contributed by atoms with E-state index < -0.39 is 17.9 Å². The Labute approximate surface area is 157 Å². The number of nitrogens with zero attached hydrogens (tertiary/aromatic N) is 1. The van der Waals surface area contributed by atoms with Gasteiger partial charge in [0.05, 0.1) is 19.7 Å². The van der Waals surface area contributed by atoms with Gasteiger partial charge in [0, 0.05) is 11.8 Å². The van der Waals surface area contributed by atoms with E-state index >= 15 is 0 Å². The van der Waals surface area contributed by atoms with E-state index in [0.717, 1.165) is 10.9 Å². The molecule has 6 nitrogen and oxygen atoms in total. The number of benzene rings is 2. The minimum atomic E-state index is -0.831. The third-order valence-electron chi connectivity index (χ3n) is 4.20. The quantitative estimate of drug-likeness (QED) is 0.681. The number of amides is 1. The van der Waals surface area contributed by atoms with Crippen molar-refractivity contribution in [2.24, 2.45) is 0 Å². The second kappa shape index (κ2) is 8.31. The number of nitrogens with one attached hydrogen (secondary N) is 1. The smallest absolute Gasteiger partial charge is 0.328 e. The summed E-state index contributed by atoms with van der Waals surface area (Å²) < 4.78 is 10.0. The van der Waals surface area contributed by atoms with Crippen LogP contribution < -0.4 is 10.1 Å². The molecular weight excluding hydrogens is 344 g/mol. The molecule has 0 bridgehead atoms. The van der Waals surface area contributed by atoms with Crippen LogP contribution in [-0.2, 0) is 16.0 Å². The molecule has 0 unspecified atom stereocenters. The summed E-state index contributed by atoms with van der Waals surface area (Å²) in [5.74, 6) is -0.273. The van der Waals surface area contributed by atoms with Crippen LogP contribution in [0.5, 0.6) is 5.75 Å². The highest BCUT2D eigenvalue weighted by atomic mass is 16.5. The summed E-state index contributed by atoms with van der Waals surface area (Å²) in [6.45, 7) is 0. The zero-order valence-electron chi connectivity index (χ0n) is 15.1. The van der Waals surface area contributed by atoms with E-state index in [9.17, 15) is 9.59 Å². The van der Waals surface area contributed by atoms with E-state index in [-0.39, 0.29) is 12.1 Å². The number of fused-ring (bicyclic) bond motifs is 1. The number of rotatable bonds is 6. The first-order valence-electron chi connectivity index (χ1n) is 8.48. The van der Waals surface area contributed by atoms with Crippen molar-refractivity contribution in [3.8, 4) is 5.75 Å². The Morgan fingerprint density at radius 2 is 1.85 bits per heavy atom. The SMILES string of the molecule is COC(=O)[C@H](Cc1cccc(OC)c1)NC(=O)c1ccc2ccccc2n1. The molecule has 138 valence electrons. The van der Waals surface area contributed by atoms with Gasteiger partial charge in [-0.15, -0.1) is 0 Å². The molecule has 1 heterocycles. The van der Waals surface area contributed by atoms with Gasteiger partial charge in [0.2, 0.25) is 0 Å².